The van der Waals surface area contributed by atoms with E-state index in [1.165, 1.54) is 28.6 Å². The number of sulfonamides is 1. The molecule has 2 aromatic carbocycles. The fraction of sp³-hybridized carbons (Fsp3) is 0.318. The predicted molar refractivity (Wildman–Crippen MR) is 112 cm³/mol. The zero-order valence-electron chi connectivity index (χ0n) is 17.0. The van der Waals surface area contributed by atoms with Crippen LogP contribution in [0, 0.1) is 0 Å². The summed E-state index contributed by atoms with van der Waals surface area (Å²) in [5.74, 6) is -1.18. The summed E-state index contributed by atoms with van der Waals surface area (Å²) in [5.41, 5.74) is 0.523. The molecule has 0 radical (unpaired) electrons. The third-order valence-corrected chi connectivity index (χ3v) is 7.46. The highest BCUT2D eigenvalue weighted by Gasteiger charge is 2.37. The van der Waals surface area contributed by atoms with Crippen molar-refractivity contribution < 1.29 is 27.5 Å². The molecule has 8 nitrogen and oxygen atoms in total. The van der Waals surface area contributed by atoms with Gasteiger partial charge in [-0.1, -0.05) is 36.4 Å². The Balaban J connectivity index is 1.62. The maximum absolute atomic E-state index is 13.4. The maximum atomic E-state index is 13.4. The molecule has 9 heteroatoms. The minimum atomic E-state index is -4.01. The number of nitrogens with zero attached hydrogens (tertiary/aromatic N) is 2. The fourth-order valence-electron chi connectivity index (χ4n) is 3.98. The Bertz CT molecular complexity index is 1170. The van der Waals surface area contributed by atoms with Crippen LogP contribution < -0.4 is 0 Å². The number of carbonyl (C=O) groups is 3. The van der Waals surface area contributed by atoms with E-state index in [9.17, 15) is 22.8 Å². The summed E-state index contributed by atoms with van der Waals surface area (Å²) in [5, 5.41) is 0. The lowest BCUT2D eigenvalue weighted by atomic mass is 9.84. The zero-order valence-corrected chi connectivity index (χ0v) is 17.9. The third kappa shape index (κ3) is 3.80. The average Bonchev–Trinajstić information content (AvgIpc) is 2.77. The first-order chi connectivity index (χ1) is 14.8. The largest absolute Gasteiger partial charge is 0.465 e. The molecule has 0 bridgehead atoms. The summed E-state index contributed by atoms with van der Waals surface area (Å²) in [4.78, 5) is 39.4. The van der Waals surface area contributed by atoms with Crippen LogP contribution in [0.4, 0.5) is 0 Å². The van der Waals surface area contributed by atoms with Gasteiger partial charge in [-0.3, -0.25) is 19.3 Å². The van der Waals surface area contributed by atoms with E-state index in [0.717, 1.165) is 0 Å². The lowest BCUT2D eigenvalue weighted by Gasteiger charge is -2.34. The summed E-state index contributed by atoms with van der Waals surface area (Å²) in [6.45, 7) is 3.20. The number of esters is 1. The van der Waals surface area contributed by atoms with Crippen LogP contribution in [0.25, 0.3) is 0 Å². The number of hydrogen-bond acceptors (Lipinski definition) is 7. The van der Waals surface area contributed by atoms with Gasteiger partial charge in [0.2, 0.25) is 10.0 Å². The van der Waals surface area contributed by atoms with Gasteiger partial charge >= 0.3 is 5.97 Å². The van der Waals surface area contributed by atoms with Gasteiger partial charge in [-0.25, -0.2) is 8.42 Å². The van der Waals surface area contributed by atoms with Crippen molar-refractivity contribution in [2.24, 2.45) is 0 Å². The molecule has 162 valence electrons. The highest BCUT2D eigenvalue weighted by atomic mass is 32.2. The van der Waals surface area contributed by atoms with Crippen LogP contribution in [0.2, 0.25) is 0 Å². The van der Waals surface area contributed by atoms with Crippen molar-refractivity contribution in [3.63, 3.8) is 0 Å². The third-order valence-electron chi connectivity index (χ3n) is 5.52. The van der Waals surface area contributed by atoms with Gasteiger partial charge in [0.25, 0.3) is 0 Å². The van der Waals surface area contributed by atoms with Crippen molar-refractivity contribution in [3.05, 3.63) is 64.7 Å². The topological polar surface area (TPSA) is 101 Å². The lowest BCUT2D eigenvalue weighted by Crippen LogP contribution is -2.50. The Hall–Kier alpha value is -2.88. The molecule has 0 spiro atoms. The SMILES string of the molecule is CCOC(=O)CN1CCN(S(=O)(=O)c2cccc3c2C(=O)c2ccccc2C3=O)CC1. The number of ketones is 2. The molecule has 1 heterocycles. The van der Waals surface area contributed by atoms with Crippen LogP contribution in [0.15, 0.2) is 47.4 Å². The second-order valence-electron chi connectivity index (χ2n) is 7.37. The zero-order chi connectivity index (χ0) is 22.2. The van der Waals surface area contributed by atoms with E-state index in [1.54, 1.807) is 25.1 Å². The standard InChI is InChI=1S/C22H22N2O6S/c1-2-30-19(25)14-23-10-12-24(13-11-23)31(28,29)18-9-5-8-17-20(18)22(27)16-7-4-3-6-15(16)21(17)26/h3-9H,2,10-14H2,1H3. The molecule has 0 atom stereocenters. The normalized spacial score (nSPS) is 17.2. The number of ether oxygens (including phenoxy) is 1. The Labute approximate surface area is 180 Å². The number of fused-ring (bicyclic) bond motifs is 2. The van der Waals surface area contributed by atoms with Gasteiger partial charge < -0.3 is 4.74 Å². The molecule has 4 rings (SSSR count). The van der Waals surface area contributed by atoms with Crippen LogP contribution in [0.5, 0.6) is 0 Å². The molecule has 1 saturated heterocycles. The smallest absolute Gasteiger partial charge is 0.320 e. The molecule has 0 saturated carbocycles. The predicted octanol–water partition coefficient (Wildman–Crippen LogP) is 1.33. The summed E-state index contributed by atoms with van der Waals surface area (Å²) in [7, 11) is -4.01. The van der Waals surface area contributed by atoms with Crippen molar-refractivity contribution in [1.29, 1.82) is 0 Å². The van der Waals surface area contributed by atoms with Crippen molar-refractivity contribution in [2.45, 2.75) is 11.8 Å². The van der Waals surface area contributed by atoms with Gasteiger partial charge in [-0.05, 0) is 13.0 Å². The van der Waals surface area contributed by atoms with Crippen molar-refractivity contribution in [1.82, 2.24) is 9.21 Å². The number of rotatable bonds is 5. The highest BCUT2D eigenvalue weighted by molar-refractivity contribution is 7.89. The molecule has 1 aliphatic carbocycles. The molecular weight excluding hydrogens is 420 g/mol. The van der Waals surface area contributed by atoms with E-state index in [0.29, 0.717) is 19.7 Å². The van der Waals surface area contributed by atoms with Crippen molar-refractivity contribution in [3.8, 4) is 0 Å². The first-order valence-electron chi connectivity index (χ1n) is 10.0. The molecular formula is C22H22N2O6S. The summed E-state index contributed by atoms with van der Waals surface area (Å²) < 4.78 is 33.0. The quantitative estimate of drug-likeness (QED) is 0.550. The van der Waals surface area contributed by atoms with E-state index in [4.69, 9.17) is 4.74 Å². The average molecular weight is 442 g/mol. The molecule has 0 amide bonds. The van der Waals surface area contributed by atoms with Gasteiger partial charge in [0.15, 0.2) is 11.6 Å². The minimum Gasteiger partial charge on any atom is -0.465 e. The molecule has 2 aromatic rings. The summed E-state index contributed by atoms with van der Waals surface area (Å²) in [6.07, 6.45) is 0. The first-order valence-corrected chi connectivity index (χ1v) is 11.5. The van der Waals surface area contributed by atoms with Crippen LogP contribution in [0.3, 0.4) is 0 Å². The summed E-state index contributed by atoms with van der Waals surface area (Å²) >= 11 is 0. The second-order valence-corrected chi connectivity index (χ2v) is 9.27. The first kappa shape index (κ1) is 21.4. The summed E-state index contributed by atoms with van der Waals surface area (Å²) in [6, 6.07) is 10.8. The maximum Gasteiger partial charge on any atom is 0.320 e. The number of benzene rings is 2. The molecule has 0 unspecified atom stereocenters. The van der Waals surface area contributed by atoms with E-state index >= 15 is 0 Å². The van der Waals surface area contributed by atoms with Gasteiger partial charge in [0.1, 0.15) is 0 Å². The van der Waals surface area contributed by atoms with Crippen LogP contribution >= 0.6 is 0 Å². The second kappa shape index (κ2) is 8.33. The molecule has 31 heavy (non-hydrogen) atoms. The van der Waals surface area contributed by atoms with Crippen molar-refractivity contribution in [2.75, 3.05) is 39.3 Å². The molecule has 2 aliphatic rings. The fourth-order valence-corrected chi connectivity index (χ4v) is 5.62. The van der Waals surface area contributed by atoms with E-state index in [2.05, 4.69) is 0 Å². The van der Waals surface area contributed by atoms with Gasteiger partial charge in [-0.15, -0.1) is 0 Å². The number of piperazine rings is 1. The highest BCUT2D eigenvalue weighted by Crippen LogP contribution is 2.33. The Morgan fingerprint density at radius 1 is 0.903 bits per heavy atom. The van der Waals surface area contributed by atoms with E-state index < -0.39 is 15.8 Å². The molecule has 0 aromatic heterocycles. The molecule has 0 N–H and O–H groups in total. The van der Waals surface area contributed by atoms with Crippen LogP contribution in [-0.4, -0.2) is 74.5 Å². The van der Waals surface area contributed by atoms with Crippen molar-refractivity contribution >= 4 is 27.6 Å². The molecule has 1 fully saturated rings. The van der Waals surface area contributed by atoms with E-state index in [1.807, 2.05) is 4.90 Å². The lowest BCUT2D eigenvalue weighted by molar-refractivity contribution is -0.144. The monoisotopic (exact) mass is 442 g/mol. The van der Waals surface area contributed by atoms with Gasteiger partial charge in [-0.2, -0.15) is 4.31 Å². The molecule has 1 aliphatic heterocycles. The van der Waals surface area contributed by atoms with Crippen LogP contribution in [-0.2, 0) is 19.6 Å². The Morgan fingerprint density at radius 2 is 1.52 bits per heavy atom. The minimum absolute atomic E-state index is 0.0693. The van der Waals surface area contributed by atoms with Gasteiger partial charge in [0.05, 0.1) is 23.6 Å². The van der Waals surface area contributed by atoms with Crippen LogP contribution in [0.1, 0.15) is 38.8 Å². The van der Waals surface area contributed by atoms with Gasteiger partial charge in [0, 0.05) is 42.9 Å². The number of hydrogen-bond donors (Lipinski definition) is 0. The Kier molecular flexibility index (Phi) is 5.74. The number of carbonyl (C=O) groups excluding carboxylic acids is 3. The van der Waals surface area contributed by atoms with E-state index in [-0.39, 0.29) is 58.5 Å². The Morgan fingerprint density at radius 3 is 2.16 bits per heavy atom.